The summed E-state index contributed by atoms with van der Waals surface area (Å²) >= 11 is 0. The Morgan fingerprint density at radius 2 is 2.35 bits per heavy atom. The van der Waals surface area contributed by atoms with Gasteiger partial charge in [-0.25, -0.2) is 4.98 Å². The summed E-state index contributed by atoms with van der Waals surface area (Å²) in [6, 6.07) is 3.97. The predicted molar refractivity (Wildman–Crippen MR) is 70.8 cm³/mol. The first-order valence-electron chi connectivity index (χ1n) is 6.33. The lowest BCUT2D eigenvalue weighted by atomic mass is 10.1. The summed E-state index contributed by atoms with van der Waals surface area (Å²) in [5.74, 6) is 2.87. The summed E-state index contributed by atoms with van der Waals surface area (Å²) in [6.07, 6.45) is 1.50. The van der Waals surface area contributed by atoms with E-state index in [1.54, 1.807) is 7.11 Å². The number of hydrogen-bond donors (Lipinski definition) is 2. The molecule has 1 aromatic heterocycles. The van der Waals surface area contributed by atoms with E-state index in [4.69, 9.17) is 14.2 Å². The van der Waals surface area contributed by atoms with Gasteiger partial charge in [0.2, 0.25) is 12.5 Å². The second kappa shape index (κ2) is 5.38. The van der Waals surface area contributed by atoms with Crippen molar-refractivity contribution in [3.05, 3.63) is 29.8 Å². The van der Waals surface area contributed by atoms with E-state index in [9.17, 15) is 0 Å². The third kappa shape index (κ3) is 2.39. The Balaban J connectivity index is 1.72. The molecule has 0 spiro atoms. The van der Waals surface area contributed by atoms with Crippen LogP contribution in [0.5, 0.6) is 17.2 Å². The van der Waals surface area contributed by atoms with Gasteiger partial charge in [-0.15, -0.1) is 0 Å². The van der Waals surface area contributed by atoms with Gasteiger partial charge in [-0.05, 0) is 24.6 Å². The molecular weight excluding hydrogens is 260 g/mol. The number of nitrogens with zero attached hydrogens (tertiary/aromatic N) is 2. The zero-order valence-corrected chi connectivity index (χ0v) is 11.3. The van der Waals surface area contributed by atoms with Crippen molar-refractivity contribution < 1.29 is 14.2 Å². The van der Waals surface area contributed by atoms with Crippen molar-refractivity contribution in [2.75, 3.05) is 13.9 Å². The lowest BCUT2D eigenvalue weighted by Gasteiger charge is -2.12. The standard InChI is InChI=1S/C13H16N4O3/c1-8(13-15-6-16-17-13)14-5-9-3-10(18-2)12-11(4-9)19-7-20-12/h3-4,6,8,14H,5,7H2,1-2H3,(H,15,16,17). The fourth-order valence-corrected chi connectivity index (χ4v) is 2.08. The molecule has 7 heteroatoms. The number of rotatable bonds is 5. The average Bonchev–Trinajstić information content (AvgIpc) is 3.14. The van der Waals surface area contributed by atoms with Gasteiger partial charge in [0.1, 0.15) is 12.2 Å². The first kappa shape index (κ1) is 12.7. The summed E-state index contributed by atoms with van der Waals surface area (Å²) in [5, 5.41) is 10.0. The van der Waals surface area contributed by atoms with Gasteiger partial charge < -0.3 is 19.5 Å². The van der Waals surface area contributed by atoms with Gasteiger partial charge >= 0.3 is 0 Å². The molecule has 2 N–H and O–H groups in total. The van der Waals surface area contributed by atoms with Crippen LogP contribution in [0.3, 0.4) is 0 Å². The molecule has 1 atom stereocenters. The highest BCUT2D eigenvalue weighted by molar-refractivity contribution is 5.55. The van der Waals surface area contributed by atoms with Crippen molar-refractivity contribution in [2.24, 2.45) is 0 Å². The smallest absolute Gasteiger partial charge is 0.231 e. The normalized spacial score (nSPS) is 14.3. The van der Waals surface area contributed by atoms with Crippen molar-refractivity contribution in [1.29, 1.82) is 0 Å². The highest BCUT2D eigenvalue weighted by atomic mass is 16.7. The molecule has 0 radical (unpaired) electrons. The number of ether oxygens (including phenoxy) is 3. The van der Waals surface area contributed by atoms with Gasteiger partial charge in [0.05, 0.1) is 13.2 Å². The van der Waals surface area contributed by atoms with E-state index in [1.807, 2.05) is 19.1 Å². The SMILES string of the molecule is COc1cc(CNC(C)c2ncn[nH]2)cc2c1OCO2. The third-order valence-corrected chi connectivity index (χ3v) is 3.17. The molecule has 2 heterocycles. The maximum absolute atomic E-state index is 5.40. The number of methoxy groups -OCH3 is 1. The van der Waals surface area contributed by atoms with E-state index < -0.39 is 0 Å². The van der Waals surface area contributed by atoms with Crippen LogP contribution in [0.4, 0.5) is 0 Å². The molecule has 2 aromatic rings. The highest BCUT2D eigenvalue weighted by Crippen LogP contribution is 2.41. The highest BCUT2D eigenvalue weighted by Gasteiger charge is 2.20. The van der Waals surface area contributed by atoms with Crippen LogP contribution in [0.25, 0.3) is 0 Å². The number of hydrogen-bond acceptors (Lipinski definition) is 6. The molecule has 7 nitrogen and oxygen atoms in total. The predicted octanol–water partition coefficient (Wildman–Crippen LogP) is 1.39. The summed E-state index contributed by atoms with van der Waals surface area (Å²) in [4.78, 5) is 4.12. The first-order chi connectivity index (χ1) is 9.78. The van der Waals surface area contributed by atoms with Crippen LogP contribution in [-0.2, 0) is 6.54 Å². The fourth-order valence-electron chi connectivity index (χ4n) is 2.08. The number of benzene rings is 1. The van der Waals surface area contributed by atoms with Crippen molar-refractivity contribution >= 4 is 0 Å². The number of H-pyrrole nitrogens is 1. The molecule has 3 rings (SSSR count). The Labute approximate surface area is 116 Å². The molecule has 1 aromatic carbocycles. The monoisotopic (exact) mass is 276 g/mol. The second-order valence-corrected chi connectivity index (χ2v) is 4.51. The van der Waals surface area contributed by atoms with Crippen LogP contribution in [-0.4, -0.2) is 29.1 Å². The number of nitrogens with one attached hydrogen (secondary N) is 2. The molecule has 1 aliphatic heterocycles. The van der Waals surface area contributed by atoms with E-state index >= 15 is 0 Å². The lowest BCUT2D eigenvalue weighted by Crippen LogP contribution is -2.19. The fraction of sp³-hybridized carbons (Fsp3) is 0.385. The molecule has 1 unspecified atom stereocenters. The van der Waals surface area contributed by atoms with E-state index in [1.165, 1.54) is 6.33 Å². The van der Waals surface area contributed by atoms with Gasteiger partial charge in [-0.1, -0.05) is 0 Å². The Morgan fingerprint density at radius 3 is 3.10 bits per heavy atom. The maximum Gasteiger partial charge on any atom is 0.231 e. The Kier molecular flexibility index (Phi) is 3.42. The molecule has 0 fully saturated rings. The summed E-state index contributed by atoms with van der Waals surface area (Å²) < 4.78 is 16.1. The topological polar surface area (TPSA) is 81.3 Å². The molecule has 0 saturated carbocycles. The van der Waals surface area contributed by atoms with Crippen molar-refractivity contribution in [1.82, 2.24) is 20.5 Å². The number of aromatic nitrogens is 3. The van der Waals surface area contributed by atoms with Crippen LogP contribution in [0.2, 0.25) is 0 Å². The van der Waals surface area contributed by atoms with E-state index in [0.717, 1.165) is 11.4 Å². The van der Waals surface area contributed by atoms with Gasteiger partial charge in [-0.3, -0.25) is 5.10 Å². The van der Waals surface area contributed by atoms with Crippen molar-refractivity contribution in [3.8, 4) is 17.2 Å². The first-order valence-corrected chi connectivity index (χ1v) is 6.33. The van der Waals surface area contributed by atoms with Gasteiger partial charge in [0, 0.05) is 6.54 Å². The minimum absolute atomic E-state index is 0.0777. The molecule has 0 aliphatic carbocycles. The average molecular weight is 276 g/mol. The van der Waals surface area contributed by atoms with Crippen LogP contribution in [0, 0.1) is 0 Å². The van der Waals surface area contributed by atoms with Crippen molar-refractivity contribution in [3.63, 3.8) is 0 Å². The van der Waals surface area contributed by atoms with Crippen molar-refractivity contribution in [2.45, 2.75) is 19.5 Å². The number of fused-ring (bicyclic) bond motifs is 1. The van der Waals surface area contributed by atoms with E-state index in [0.29, 0.717) is 23.8 Å². The molecular formula is C13H16N4O3. The zero-order chi connectivity index (χ0) is 13.9. The van der Waals surface area contributed by atoms with Gasteiger partial charge in [0.25, 0.3) is 0 Å². The van der Waals surface area contributed by atoms with Gasteiger partial charge in [0.15, 0.2) is 11.5 Å². The molecule has 20 heavy (non-hydrogen) atoms. The number of aromatic amines is 1. The largest absolute Gasteiger partial charge is 0.493 e. The lowest BCUT2D eigenvalue weighted by molar-refractivity contribution is 0.171. The Hall–Kier alpha value is -2.28. The van der Waals surface area contributed by atoms with E-state index in [2.05, 4.69) is 20.5 Å². The molecule has 106 valence electrons. The maximum atomic E-state index is 5.40. The minimum Gasteiger partial charge on any atom is -0.493 e. The van der Waals surface area contributed by atoms with Crippen LogP contribution >= 0.6 is 0 Å². The van der Waals surface area contributed by atoms with E-state index in [-0.39, 0.29) is 12.8 Å². The summed E-state index contributed by atoms with van der Waals surface area (Å²) in [7, 11) is 1.62. The Bertz CT molecular complexity index is 586. The van der Waals surface area contributed by atoms with Crippen LogP contribution in [0.1, 0.15) is 24.4 Å². The molecule has 0 saturated heterocycles. The summed E-state index contributed by atoms with van der Waals surface area (Å²) in [6.45, 7) is 2.91. The minimum atomic E-state index is 0.0777. The molecule has 0 bridgehead atoms. The zero-order valence-electron chi connectivity index (χ0n) is 11.3. The quantitative estimate of drug-likeness (QED) is 0.859. The molecule has 1 aliphatic rings. The Morgan fingerprint density at radius 1 is 1.45 bits per heavy atom. The third-order valence-electron chi connectivity index (χ3n) is 3.17. The summed E-state index contributed by atoms with van der Waals surface area (Å²) in [5.41, 5.74) is 1.05. The van der Waals surface area contributed by atoms with Gasteiger partial charge in [-0.2, -0.15) is 5.10 Å². The molecule has 0 amide bonds. The van der Waals surface area contributed by atoms with Crippen LogP contribution in [0.15, 0.2) is 18.5 Å². The second-order valence-electron chi connectivity index (χ2n) is 4.51. The van der Waals surface area contributed by atoms with Crippen LogP contribution < -0.4 is 19.5 Å².